The average molecular weight is 241 g/mol. The third-order valence-electron chi connectivity index (χ3n) is 4.71. The molecule has 2 fully saturated rings. The first-order valence-corrected chi connectivity index (χ1v) is 7.81. The largest absolute Gasteiger partial charge is 0.303 e. The van der Waals surface area contributed by atoms with Gasteiger partial charge >= 0.3 is 0 Å². The van der Waals surface area contributed by atoms with E-state index < -0.39 is 0 Å². The molecule has 0 radical (unpaired) electrons. The zero-order chi connectivity index (χ0) is 11.3. The van der Waals surface area contributed by atoms with Gasteiger partial charge in [-0.3, -0.25) is 0 Å². The van der Waals surface area contributed by atoms with E-state index in [2.05, 4.69) is 17.5 Å². The molecule has 1 heterocycles. The molecule has 1 aliphatic heterocycles. The van der Waals surface area contributed by atoms with Crippen molar-refractivity contribution in [2.24, 2.45) is 5.41 Å². The van der Waals surface area contributed by atoms with Crippen molar-refractivity contribution in [2.75, 3.05) is 25.4 Å². The second-order valence-corrected chi connectivity index (χ2v) is 6.28. The van der Waals surface area contributed by atoms with Crippen molar-refractivity contribution in [3.8, 4) is 0 Å². The van der Waals surface area contributed by atoms with Gasteiger partial charge in [0.15, 0.2) is 0 Å². The normalized spacial score (nSPS) is 25.3. The second-order valence-electron chi connectivity index (χ2n) is 5.83. The number of nitrogens with zero attached hydrogens (tertiary/aromatic N) is 1. The molecule has 16 heavy (non-hydrogen) atoms. The molecule has 0 N–H and O–H groups in total. The number of hydrogen-bond donors (Lipinski definition) is 1. The van der Waals surface area contributed by atoms with Crippen molar-refractivity contribution in [1.29, 1.82) is 0 Å². The van der Waals surface area contributed by atoms with Crippen molar-refractivity contribution in [3.63, 3.8) is 0 Å². The van der Waals surface area contributed by atoms with Crippen molar-refractivity contribution < 1.29 is 0 Å². The first kappa shape index (κ1) is 12.8. The van der Waals surface area contributed by atoms with Gasteiger partial charge in [-0.15, -0.1) is 0 Å². The fraction of sp³-hybridized carbons (Fsp3) is 1.00. The van der Waals surface area contributed by atoms with Gasteiger partial charge in [0, 0.05) is 0 Å². The topological polar surface area (TPSA) is 3.24 Å². The van der Waals surface area contributed by atoms with E-state index >= 15 is 0 Å². The van der Waals surface area contributed by atoms with Crippen LogP contribution in [0, 0.1) is 5.41 Å². The molecule has 1 saturated heterocycles. The maximum Gasteiger partial charge on any atom is -0.00134 e. The lowest BCUT2D eigenvalue weighted by atomic mass is 9.77. The van der Waals surface area contributed by atoms with Gasteiger partial charge in [0.2, 0.25) is 0 Å². The number of hydrogen-bond acceptors (Lipinski definition) is 2. The molecule has 1 saturated carbocycles. The minimum Gasteiger partial charge on any atom is -0.303 e. The highest BCUT2D eigenvalue weighted by molar-refractivity contribution is 7.80. The first-order valence-electron chi connectivity index (χ1n) is 7.18. The number of rotatable bonds is 5. The summed E-state index contributed by atoms with van der Waals surface area (Å²) in [4.78, 5) is 2.70. The van der Waals surface area contributed by atoms with Crippen LogP contribution in [0.25, 0.3) is 0 Å². The molecule has 1 nitrogen and oxygen atoms in total. The summed E-state index contributed by atoms with van der Waals surface area (Å²) in [6.45, 7) is 4.09. The second kappa shape index (κ2) is 6.30. The lowest BCUT2D eigenvalue weighted by molar-refractivity contribution is 0.107. The van der Waals surface area contributed by atoms with E-state index in [-0.39, 0.29) is 0 Å². The highest BCUT2D eigenvalue weighted by Crippen LogP contribution is 2.46. The van der Waals surface area contributed by atoms with Gasteiger partial charge in [-0.2, -0.15) is 12.6 Å². The van der Waals surface area contributed by atoms with Crippen LogP contribution in [0.2, 0.25) is 0 Å². The number of thiol groups is 1. The van der Waals surface area contributed by atoms with Gasteiger partial charge in [0.25, 0.3) is 0 Å². The third-order valence-corrected chi connectivity index (χ3v) is 5.03. The summed E-state index contributed by atoms with van der Waals surface area (Å²) in [6, 6.07) is 0. The monoisotopic (exact) mass is 241 g/mol. The summed E-state index contributed by atoms with van der Waals surface area (Å²) in [6.07, 6.45) is 13.1. The van der Waals surface area contributed by atoms with Crippen molar-refractivity contribution in [2.45, 2.75) is 57.8 Å². The standard InChI is InChI=1S/C14H27NS/c16-13-5-1-4-10-15-11-8-14(9-12-15)6-2-3-7-14/h16H,1-13H2. The zero-order valence-corrected chi connectivity index (χ0v) is 11.5. The Labute approximate surface area is 106 Å². The van der Waals surface area contributed by atoms with Gasteiger partial charge < -0.3 is 4.90 Å². The van der Waals surface area contributed by atoms with Crippen LogP contribution in [0.15, 0.2) is 0 Å². The molecular formula is C14H27NS. The van der Waals surface area contributed by atoms with Crippen molar-refractivity contribution >= 4 is 12.6 Å². The third kappa shape index (κ3) is 3.40. The Bertz CT molecular complexity index is 189. The lowest BCUT2D eigenvalue weighted by Crippen LogP contribution is -2.39. The Hall–Kier alpha value is 0.310. The van der Waals surface area contributed by atoms with E-state index in [1.54, 1.807) is 0 Å². The van der Waals surface area contributed by atoms with E-state index in [0.29, 0.717) is 0 Å². The SMILES string of the molecule is SCCCCCN1CCC2(CCCC2)CC1. The quantitative estimate of drug-likeness (QED) is 0.567. The summed E-state index contributed by atoms with van der Waals surface area (Å²) in [7, 11) is 0. The van der Waals surface area contributed by atoms with Gasteiger partial charge in [-0.25, -0.2) is 0 Å². The van der Waals surface area contributed by atoms with Crippen LogP contribution < -0.4 is 0 Å². The Morgan fingerprint density at radius 3 is 2.19 bits per heavy atom. The molecule has 94 valence electrons. The Balaban J connectivity index is 1.61. The van der Waals surface area contributed by atoms with E-state index in [1.165, 1.54) is 77.4 Å². The van der Waals surface area contributed by atoms with Gasteiger partial charge in [-0.1, -0.05) is 19.3 Å². The van der Waals surface area contributed by atoms with Crippen LogP contribution in [-0.4, -0.2) is 30.3 Å². The highest BCUT2D eigenvalue weighted by Gasteiger charge is 2.36. The van der Waals surface area contributed by atoms with Crippen LogP contribution in [0.5, 0.6) is 0 Å². The molecule has 2 rings (SSSR count). The van der Waals surface area contributed by atoms with Crippen LogP contribution in [0.3, 0.4) is 0 Å². The van der Waals surface area contributed by atoms with Crippen LogP contribution >= 0.6 is 12.6 Å². The number of unbranched alkanes of at least 4 members (excludes halogenated alkanes) is 2. The first-order chi connectivity index (χ1) is 7.85. The molecule has 1 aliphatic carbocycles. The molecule has 0 bridgehead atoms. The summed E-state index contributed by atoms with van der Waals surface area (Å²) < 4.78 is 0. The number of likely N-dealkylation sites (tertiary alicyclic amines) is 1. The average Bonchev–Trinajstić information content (AvgIpc) is 2.76. The molecule has 2 aliphatic rings. The van der Waals surface area contributed by atoms with Crippen LogP contribution in [0.4, 0.5) is 0 Å². The van der Waals surface area contributed by atoms with E-state index in [1.807, 2.05) is 0 Å². The summed E-state index contributed by atoms with van der Waals surface area (Å²) in [5, 5.41) is 0. The number of piperidine rings is 1. The van der Waals surface area contributed by atoms with Crippen LogP contribution in [-0.2, 0) is 0 Å². The molecular weight excluding hydrogens is 214 g/mol. The fourth-order valence-electron chi connectivity index (χ4n) is 3.50. The predicted molar refractivity (Wildman–Crippen MR) is 74.3 cm³/mol. The van der Waals surface area contributed by atoms with Crippen molar-refractivity contribution in [3.05, 3.63) is 0 Å². The van der Waals surface area contributed by atoms with Gasteiger partial charge in [-0.05, 0) is 69.3 Å². The molecule has 0 unspecified atom stereocenters. The van der Waals surface area contributed by atoms with Crippen LogP contribution in [0.1, 0.15) is 57.8 Å². The summed E-state index contributed by atoms with van der Waals surface area (Å²) in [5.41, 5.74) is 0.793. The molecule has 2 heteroatoms. The molecule has 1 spiro atoms. The maximum absolute atomic E-state index is 4.26. The minimum absolute atomic E-state index is 0.793. The molecule has 0 atom stereocenters. The van der Waals surface area contributed by atoms with E-state index in [4.69, 9.17) is 0 Å². The molecule has 0 aromatic heterocycles. The maximum atomic E-state index is 4.26. The summed E-state index contributed by atoms with van der Waals surface area (Å²) >= 11 is 4.26. The fourth-order valence-corrected chi connectivity index (χ4v) is 3.72. The Morgan fingerprint density at radius 2 is 1.56 bits per heavy atom. The molecule has 0 aromatic carbocycles. The highest BCUT2D eigenvalue weighted by atomic mass is 32.1. The summed E-state index contributed by atoms with van der Waals surface area (Å²) in [5.74, 6) is 1.06. The minimum atomic E-state index is 0.793. The van der Waals surface area contributed by atoms with E-state index in [0.717, 1.165) is 11.2 Å². The Morgan fingerprint density at radius 1 is 0.875 bits per heavy atom. The Kier molecular flexibility index (Phi) is 5.02. The van der Waals surface area contributed by atoms with Crippen molar-refractivity contribution in [1.82, 2.24) is 4.90 Å². The zero-order valence-electron chi connectivity index (χ0n) is 10.6. The lowest BCUT2D eigenvalue weighted by Gasteiger charge is -2.39. The predicted octanol–water partition coefficient (Wildman–Crippen LogP) is 3.74. The van der Waals surface area contributed by atoms with Gasteiger partial charge in [0.05, 0.1) is 0 Å². The molecule has 0 aromatic rings. The molecule has 0 amide bonds. The smallest absolute Gasteiger partial charge is 0.00134 e. The van der Waals surface area contributed by atoms with Gasteiger partial charge in [0.1, 0.15) is 0 Å². The van der Waals surface area contributed by atoms with E-state index in [9.17, 15) is 0 Å².